The van der Waals surface area contributed by atoms with E-state index < -0.39 is 0 Å². The molecule has 1 aromatic heterocycles. The van der Waals surface area contributed by atoms with Gasteiger partial charge < -0.3 is 15.2 Å². The van der Waals surface area contributed by atoms with Crippen LogP contribution in [0.5, 0.6) is 11.5 Å². The summed E-state index contributed by atoms with van der Waals surface area (Å²) in [7, 11) is 0. The van der Waals surface area contributed by atoms with Crippen molar-refractivity contribution in [2.75, 3.05) is 24.4 Å². The minimum absolute atomic E-state index is 0.0272. The summed E-state index contributed by atoms with van der Waals surface area (Å²) in [6.07, 6.45) is 1.63. The highest BCUT2D eigenvalue weighted by Gasteiger charge is 2.05. The summed E-state index contributed by atoms with van der Waals surface area (Å²) in [5.41, 5.74) is 9.15. The van der Waals surface area contributed by atoms with Gasteiger partial charge in [0, 0.05) is 5.38 Å². The van der Waals surface area contributed by atoms with Crippen molar-refractivity contribution >= 4 is 28.5 Å². The molecule has 0 bridgehead atoms. The van der Waals surface area contributed by atoms with Crippen molar-refractivity contribution in [2.45, 2.75) is 6.92 Å². The van der Waals surface area contributed by atoms with Gasteiger partial charge in [-0.25, -0.2) is 4.98 Å². The van der Waals surface area contributed by atoms with E-state index in [4.69, 9.17) is 20.5 Å². The molecule has 22 heavy (non-hydrogen) atoms. The summed E-state index contributed by atoms with van der Waals surface area (Å²) in [6.45, 7) is 2.35. The third-order valence-corrected chi connectivity index (χ3v) is 3.22. The lowest BCUT2D eigenvalue weighted by Crippen LogP contribution is -2.00. The molecule has 0 aliphatic rings. The summed E-state index contributed by atoms with van der Waals surface area (Å²) < 4.78 is 10.8. The van der Waals surface area contributed by atoms with Crippen molar-refractivity contribution in [3.05, 3.63) is 29.1 Å². The molecule has 3 N–H and O–H groups in total. The van der Waals surface area contributed by atoms with Crippen LogP contribution in [0, 0.1) is 11.3 Å². The number of benzene rings is 1. The zero-order valence-corrected chi connectivity index (χ0v) is 12.8. The van der Waals surface area contributed by atoms with Crippen LogP contribution < -0.4 is 20.6 Å². The lowest BCUT2D eigenvalue weighted by Gasteiger charge is -2.10. The molecule has 0 fully saturated rings. The van der Waals surface area contributed by atoms with Gasteiger partial charge in [-0.05, 0) is 30.7 Å². The first kappa shape index (κ1) is 15.6. The Morgan fingerprint density at radius 3 is 3.00 bits per heavy atom. The Morgan fingerprint density at radius 1 is 1.45 bits per heavy atom. The number of hydrazone groups is 1. The number of anilines is 2. The zero-order chi connectivity index (χ0) is 15.8. The molecule has 1 aromatic carbocycles. The van der Waals surface area contributed by atoms with Crippen LogP contribution in [0.3, 0.4) is 0 Å². The Hall–Kier alpha value is -2.79. The van der Waals surface area contributed by atoms with Gasteiger partial charge in [0.05, 0.1) is 12.8 Å². The predicted molar refractivity (Wildman–Crippen MR) is 86.5 cm³/mol. The van der Waals surface area contributed by atoms with Crippen LogP contribution in [-0.2, 0) is 0 Å². The number of ether oxygens (including phenoxy) is 2. The van der Waals surface area contributed by atoms with E-state index in [2.05, 4.69) is 15.5 Å². The van der Waals surface area contributed by atoms with E-state index in [1.807, 2.05) is 19.1 Å². The number of nitrogens with one attached hydrogen (secondary N) is 1. The Bertz CT molecular complexity index is 693. The van der Waals surface area contributed by atoms with Crippen LogP contribution in [0.4, 0.5) is 10.9 Å². The molecule has 0 aliphatic heterocycles. The molecule has 0 saturated carbocycles. The van der Waals surface area contributed by atoms with Gasteiger partial charge in [0.15, 0.2) is 18.1 Å². The molecule has 0 aliphatic carbocycles. The number of nitriles is 1. The van der Waals surface area contributed by atoms with Crippen molar-refractivity contribution in [1.29, 1.82) is 5.26 Å². The molecule has 0 atom stereocenters. The van der Waals surface area contributed by atoms with Gasteiger partial charge in [-0.3, -0.25) is 5.43 Å². The van der Waals surface area contributed by atoms with Crippen molar-refractivity contribution < 1.29 is 9.47 Å². The van der Waals surface area contributed by atoms with E-state index in [0.717, 1.165) is 5.56 Å². The smallest absolute Gasteiger partial charge is 0.205 e. The molecule has 0 spiro atoms. The highest BCUT2D eigenvalue weighted by atomic mass is 32.1. The molecule has 8 heteroatoms. The summed E-state index contributed by atoms with van der Waals surface area (Å²) >= 11 is 1.37. The number of nitrogen functional groups attached to an aromatic ring is 1. The predicted octanol–water partition coefficient (Wildman–Crippen LogP) is 2.47. The molecule has 1 heterocycles. The Balaban J connectivity index is 2.07. The monoisotopic (exact) mass is 317 g/mol. The maximum atomic E-state index is 8.57. The lowest BCUT2D eigenvalue weighted by molar-refractivity contribution is 0.298. The number of thiazole rings is 1. The zero-order valence-electron chi connectivity index (χ0n) is 11.9. The molecule has 0 amide bonds. The minimum Gasteiger partial charge on any atom is -0.490 e. The third-order valence-electron chi connectivity index (χ3n) is 2.46. The van der Waals surface area contributed by atoms with Gasteiger partial charge in [-0.2, -0.15) is 10.4 Å². The normalized spacial score (nSPS) is 10.4. The second-order valence-corrected chi connectivity index (χ2v) is 4.89. The maximum Gasteiger partial charge on any atom is 0.205 e. The van der Waals surface area contributed by atoms with E-state index in [9.17, 15) is 0 Å². The number of rotatable bonds is 7. The fourth-order valence-corrected chi connectivity index (χ4v) is 2.15. The second-order valence-electron chi connectivity index (χ2n) is 4.03. The van der Waals surface area contributed by atoms with Crippen LogP contribution in [-0.4, -0.2) is 24.4 Å². The number of nitrogens with two attached hydrogens (primary N) is 1. The van der Waals surface area contributed by atoms with Crippen molar-refractivity contribution in [3.8, 4) is 17.6 Å². The van der Waals surface area contributed by atoms with Crippen molar-refractivity contribution in [3.63, 3.8) is 0 Å². The fourth-order valence-electron chi connectivity index (χ4n) is 1.60. The minimum atomic E-state index is -0.0272. The number of hydrogen-bond acceptors (Lipinski definition) is 8. The largest absolute Gasteiger partial charge is 0.490 e. The van der Waals surface area contributed by atoms with Crippen LogP contribution in [0.2, 0.25) is 0 Å². The molecule has 114 valence electrons. The van der Waals surface area contributed by atoms with Gasteiger partial charge in [-0.15, -0.1) is 11.3 Å². The van der Waals surface area contributed by atoms with Gasteiger partial charge in [0.25, 0.3) is 0 Å². The molecule has 0 saturated heterocycles. The van der Waals surface area contributed by atoms with Gasteiger partial charge in [-0.1, -0.05) is 0 Å². The Labute approximate surface area is 132 Å². The molecule has 7 nitrogen and oxygen atoms in total. The van der Waals surface area contributed by atoms with Gasteiger partial charge >= 0.3 is 0 Å². The van der Waals surface area contributed by atoms with E-state index in [1.54, 1.807) is 23.7 Å². The van der Waals surface area contributed by atoms with Crippen molar-refractivity contribution in [2.24, 2.45) is 5.10 Å². The summed E-state index contributed by atoms with van der Waals surface area (Å²) in [5, 5.41) is 15.0. The fraction of sp³-hybridized carbons (Fsp3) is 0.214. The van der Waals surface area contributed by atoms with E-state index in [-0.39, 0.29) is 6.61 Å². The molecular weight excluding hydrogens is 302 g/mol. The molecular formula is C14H15N5O2S. The van der Waals surface area contributed by atoms with Gasteiger partial charge in [0.1, 0.15) is 11.9 Å². The highest BCUT2D eigenvalue weighted by molar-refractivity contribution is 7.14. The number of aromatic nitrogens is 1. The van der Waals surface area contributed by atoms with Crippen LogP contribution in [0.25, 0.3) is 0 Å². The van der Waals surface area contributed by atoms with E-state index >= 15 is 0 Å². The molecule has 0 radical (unpaired) electrons. The van der Waals surface area contributed by atoms with Crippen molar-refractivity contribution in [1.82, 2.24) is 4.98 Å². The van der Waals surface area contributed by atoms with E-state index in [1.165, 1.54) is 11.3 Å². The molecule has 2 aromatic rings. The standard InChI is InChI=1S/C14H15N5O2S/c1-2-20-12-7-10(3-4-11(12)21-6-5-15)8-17-19-14-18-13(16)9-22-14/h3-4,7-9H,2,6,16H2,1H3,(H,18,19). The first-order valence-electron chi connectivity index (χ1n) is 6.49. The Morgan fingerprint density at radius 2 is 2.32 bits per heavy atom. The molecule has 2 rings (SSSR count). The first-order chi connectivity index (χ1) is 10.7. The first-order valence-corrected chi connectivity index (χ1v) is 7.37. The van der Waals surface area contributed by atoms with Crippen LogP contribution in [0.1, 0.15) is 12.5 Å². The summed E-state index contributed by atoms with van der Waals surface area (Å²) in [4.78, 5) is 4.03. The molecule has 0 unspecified atom stereocenters. The number of hydrogen-bond donors (Lipinski definition) is 2. The van der Waals surface area contributed by atoms with Crippen LogP contribution in [0.15, 0.2) is 28.7 Å². The SMILES string of the molecule is CCOc1cc(C=NNc2nc(N)cs2)ccc1OCC#N. The second kappa shape index (κ2) is 7.85. The highest BCUT2D eigenvalue weighted by Crippen LogP contribution is 2.28. The number of nitrogens with zero attached hydrogens (tertiary/aromatic N) is 3. The average molecular weight is 317 g/mol. The lowest BCUT2D eigenvalue weighted by atomic mass is 10.2. The quantitative estimate of drug-likeness (QED) is 0.600. The maximum absolute atomic E-state index is 8.57. The van der Waals surface area contributed by atoms with Gasteiger partial charge in [0.2, 0.25) is 5.13 Å². The topological polar surface area (TPSA) is 106 Å². The van der Waals surface area contributed by atoms with Crippen LogP contribution >= 0.6 is 11.3 Å². The summed E-state index contributed by atoms with van der Waals surface area (Å²) in [5.74, 6) is 1.56. The summed E-state index contributed by atoms with van der Waals surface area (Å²) in [6, 6.07) is 7.27. The Kier molecular flexibility index (Phi) is 5.57. The third kappa shape index (κ3) is 4.36. The van der Waals surface area contributed by atoms with E-state index in [0.29, 0.717) is 29.1 Å². The average Bonchev–Trinajstić information content (AvgIpc) is 2.92.